The van der Waals surface area contributed by atoms with Crippen molar-refractivity contribution < 1.29 is 9.59 Å². The van der Waals surface area contributed by atoms with Crippen LogP contribution in [0.2, 0.25) is 0 Å². The minimum absolute atomic E-state index is 0.0306. The summed E-state index contributed by atoms with van der Waals surface area (Å²) in [5, 5.41) is 6.09. The summed E-state index contributed by atoms with van der Waals surface area (Å²) in [5.41, 5.74) is 5.25. The van der Waals surface area contributed by atoms with Crippen LogP contribution in [-0.4, -0.2) is 28.3 Å². The van der Waals surface area contributed by atoms with Gasteiger partial charge in [-0.25, -0.2) is 9.97 Å². The predicted molar refractivity (Wildman–Crippen MR) is 121 cm³/mol. The van der Waals surface area contributed by atoms with Crippen molar-refractivity contribution in [1.29, 1.82) is 0 Å². The molecular formula is C24H25N5O2. The van der Waals surface area contributed by atoms with Gasteiger partial charge in [-0.2, -0.15) is 0 Å². The molecule has 3 aromatic rings. The number of nitrogens with zero attached hydrogens (tertiary/aromatic N) is 3. The van der Waals surface area contributed by atoms with E-state index in [1.165, 1.54) is 0 Å². The average molecular weight is 415 g/mol. The van der Waals surface area contributed by atoms with Crippen molar-refractivity contribution in [2.45, 2.75) is 27.2 Å². The van der Waals surface area contributed by atoms with Gasteiger partial charge < -0.3 is 15.5 Å². The minimum Gasteiger partial charge on any atom is -0.326 e. The SMILES string of the molecule is Cc1ccc(N2CC(C(=O)Nc3ccc(Nc4nc(C)cc(C)n4)cc3)CC2=O)cc1. The van der Waals surface area contributed by atoms with Gasteiger partial charge in [0.25, 0.3) is 0 Å². The van der Waals surface area contributed by atoms with Crippen molar-refractivity contribution in [2.75, 3.05) is 22.1 Å². The van der Waals surface area contributed by atoms with Crippen molar-refractivity contribution in [1.82, 2.24) is 9.97 Å². The van der Waals surface area contributed by atoms with Gasteiger partial charge in [0.1, 0.15) is 0 Å². The highest BCUT2D eigenvalue weighted by molar-refractivity contribution is 6.03. The van der Waals surface area contributed by atoms with E-state index in [9.17, 15) is 9.59 Å². The first-order valence-corrected chi connectivity index (χ1v) is 10.2. The Bertz CT molecular complexity index is 1090. The molecule has 0 aliphatic carbocycles. The van der Waals surface area contributed by atoms with Crippen LogP contribution in [0.15, 0.2) is 54.6 Å². The van der Waals surface area contributed by atoms with Crippen LogP contribution in [-0.2, 0) is 9.59 Å². The second kappa shape index (κ2) is 8.55. The minimum atomic E-state index is -0.379. The quantitative estimate of drug-likeness (QED) is 0.654. The first kappa shape index (κ1) is 20.5. The number of aryl methyl sites for hydroxylation is 3. The monoisotopic (exact) mass is 415 g/mol. The molecule has 1 aliphatic rings. The summed E-state index contributed by atoms with van der Waals surface area (Å²) in [6.07, 6.45) is 0.212. The van der Waals surface area contributed by atoms with Crippen molar-refractivity contribution in [3.8, 4) is 0 Å². The molecule has 0 saturated carbocycles. The van der Waals surface area contributed by atoms with E-state index in [0.29, 0.717) is 18.2 Å². The molecule has 0 bridgehead atoms. The lowest BCUT2D eigenvalue weighted by atomic mass is 10.1. The number of hydrogen-bond donors (Lipinski definition) is 2. The maximum Gasteiger partial charge on any atom is 0.229 e. The van der Waals surface area contributed by atoms with E-state index in [2.05, 4.69) is 20.6 Å². The van der Waals surface area contributed by atoms with Gasteiger partial charge in [-0.05, 0) is 63.2 Å². The second-order valence-electron chi connectivity index (χ2n) is 7.91. The Hall–Kier alpha value is -3.74. The zero-order valence-electron chi connectivity index (χ0n) is 17.8. The molecule has 7 heteroatoms. The highest BCUT2D eigenvalue weighted by atomic mass is 16.2. The van der Waals surface area contributed by atoms with Crippen molar-refractivity contribution in [3.05, 3.63) is 71.5 Å². The molecule has 2 N–H and O–H groups in total. The van der Waals surface area contributed by atoms with E-state index in [4.69, 9.17) is 0 Å². The summed E-state index contributed by atoms with van der Waals surface area (Å²) in [7, 11) is 0. The van der Waals surface area contributed by atoms with E-state index < -0.39 is 0 Å². The van der Waals surface area contributed by atoms with Gasteiger partial charge in [0.2, 0.25) is 17.8 Å². The highest BCUT2D eigenvalue weighted by Gasteiger charge is 2.35. The fraction of sp³-hybridized carbons (Fsp3) is 0.250. The molecule has 1 unspecified atom stereocenters. The predicted octanol–water partition coefficient (Wildman–Crippen LogP) is 4.14. The zero-order valence-corrected chi connectivity index (χ0v) is 17.8. The Morgan fingerprint density at radius 3 is 2.19 bits per heavy atom. The molecule has 1 fully saturated rings. The molecule has 0 spiro atoms. The highest BCUT2D eigenvalue weighted by Crippen LogP contribution is 2.26. The molecular weight excluding hydrogens is 390 g/mol. The third-order valence-electron chi connectivity index (χ3n) is 5.23. The van der Waals surface area contributed by atoms with Gasteiger partial charge in [0.15, 0.2) is 0 Å². The maximum absolute atomic E-state index is 12.7. The Morgan fingerprint density at radius 1 is 0.935 bits per heavy atom. The molecule has 2 amide bonds. The van der Waals surface area contributed by atoms with Gasteiger partial charge >= 0.3 is 0 Å². The van der Waals surface area contributed by atoms with Crippen LogP contribution in [0.1, 0.15) is 23.4 Å². The lowest BCUT2D eigenvalue weighted by Crippen LogP contribution is -2.28. The fourth-order valence-corrected chi connectivity index (χ4v) is 3.65. The number of aromatic nitrogens is 2. The topological polar surface area (TPSA) is 87.2 Å². The van der Waals surface area contributed by atoms with E-state index in [1.54, 1.807) is 4.90 Å². The number of carbonyl (C=O) groups excluding carboxylic acids is 2. The third-order valence-corrected chi connectivity index (χ3v) is 5.23. The number of benzene rings is 2. The van der Waals surface area contributed by atoms with Crippen LogP contribution < -0.4 is 15.5 Å². The van der Waals surface area contributed by atoms with Crippen LogP contribution in [0, 0.1) is 26.7 Å². The largest absolute Gasteiger partial charge is 0.326 e. The summed E-state index contributed by atoms with van der Waals surface area (Å²) in [6.45, 7) is 6.23. The van der Waals surface area contributed by atoms with Gasteiger partial charge in [0.05, 0.1) is 5.92 Å². The number of carbonyl (C=O) groups is 2. The second-order valence-corrected chi connectivity index (χ2v) is 7.91. The molecule has 2 aromatic carbocycles. The van der Waals surface area contributed by atoms with Crippen LogP contribution in [0.25, 0.3) is 0 Å². The molecule has 4 rings (SSSR count). The Labute approximate surface area is 181 Å². The summed E-state index contributed by atoms with van der Waals surface area (Å²) in [6, 6.07) is 17.0. The molecule has 1 aliphatic heterocycles. The number of nitrogens with one attached hydrogen (secondary N) is 2. The summed E-state index contributed by atoms with van der Waals surface area (Å²) < 4.78 is 0. The molecule has 1 saturated heterocycles. The number of rotatable bonds is 5. The smallest absolute Gasteiger partial charge is 0.229 e. The standard InChI is InChI=1S/C24H25N5O2/c1-15-4-10-21(11-5-15)29-14-18(13-22(29)30)23(31)27-19-6-8-20(9-7-19)28-24-25-16(2)12-17(3)26-24/h4-12,18H,13-14H2,1-3H3,(H,27,31)(H,25,26,28). The van der Waals surface area contributed by atoms with E-state index >= 15 is 0 Å². The lowest BCUT2D eigenvalue weighted by Gasteiger charge is -2.17. The Kier molecular flexibility index (Phi) is 5.66. The molecule has 31 heavy (non-hydrogen) atoms. The molecule has 1 atom stereocenters. The van der Waals surface area contributed by atoms with Crippen molar-refractivity contribution >= 4 is 34.8 Å². The van der Waals surface area contributed by atoms with Crippen molar-refractivity contribution in [2.24, 2.45) is 5.92 Å². The van der Waals surface area contributed by atoms with Crippen molar-refractivity contribution in [3.63, 3.8) is 0 Å². The van der Waals surface area contributed by atoms with Crippen LogP contribution in [0.4, 0.5) is 23.0 Å². The van der Waals surface area contributed by atoms with E-state index in [0.717, 1.165) is 28.3 Å². The first-order chi connectivity index (χ1) is 14.9. The van der Waals surface area contributed by atoms with E-state index in [1.807, 2.05) is 75.4 Å². The Morgan fingerprint density at radius 2 is 1.55 bits per heavy atom. The molecule has 2 heterocycles. The number of amides is 2. The van der Waals surface area contributed by atoms with Gasteiger partial charge in [0, 0.05) is 41.4 Å². The summed E-state index contributed by atoms with van der Waals surface area (Å²) in [5.74, 6) is -0.0245. The van der Waals surface area contributed by atoms with Gasteiger partial charge in [-0.15, -0.1) is 0 Å². The average Bonchev–Trinajstić information content (AvgIpc) is 3.11. The third kappa shape index (κ3) is 4.88. The van der Waals surface area contributed by atoms with Gasteiger partial charge in [-0.3, -0.25) is 9.59 Å². The summed E-state index contributed by atoms with van der Waals surface area (Å²) >= 11 is 0. The molecule has 1 aromatic heterocycles. The number of hydrogen-bond acceptors (Lipinski definition) is 5. The van der Waals surface area contributed by atoms with Gasteiger partial charge in [-0.1, -0.05) is 17.7 Å². The van der Waals surface area contributed by atoms with Crippen LogP contribution in [0.3, 0.4) is 0 Å². The molecule has 7 nitrogen and oxygen atoms in total. The lowest BCUT2D eigenvalue weighted by molar-refractivity contribution is -0.122. The van der Waals surface area contributed by atoms with Crippen LogP contribution >= 0.6 is 0 Å². The molecule has 0 radical (unpaired) electrons. The molecule has 158 valence electrons. The first-order valence-electron chi connectivity index (χ1n) is 10.2. The van der Waals surface area contributed by atoms with E-state index in [-0.39, 0.29) is 24.2 Å². The van der Waals surface area contributed by atoms with Crippen LogP contribution in [0.5, 0.6) is 0 Å². The summed E-state index contributed by atoms with van der Waals surface area (Å²) in [4.78, 5) is 35.6. The Balaban J connectivity index is 1.37. The number of anilines is 4. The maximum atomic E-state index is 12.7. The fourth-order valence-electron chi connectivity index (χ4n) is 3.65. The zero-order chi connectivity index (χ0) is 22.0. The normalized spacial score (nSPS) is 15.8.